The van der Waals surface area contributed by atoms with Gasteiger partial charge in [-0.15, -0.1) is 0 Å². The van der Waals surface area contributed by atoms with Crippen molar-refractivity contribution in [3.63, 3.8) is 0 Å². The minimum Gasteiger partial charge on any atom is -0.356 e. The highest BCUT2D eigenvalue weighted by Crippen LogP contribution is 2.23. The maximum atomic E-state index is 12.4. The van der Waals surface area contributed by atoms with Crippen molar-refractivity contribution in [3.05, 3.63) is 41.6 Å². The van der Waals surface area contributed by atoms with Gasteiger partial charge in [0.25, 0.3) is 0 Å². The molecule has 3 rings (SSSR count). The maximum absolute atomic E-state index is 12.4. The van der Waals surface area contributed by atoms with E-state index in [0.717, 1.165) is 35.9 Å². The summed E-state index contributed by atoms with van der Waals surface area (Å²) >= 11 is 0. The fraction of sp³-hybridized carbons (Fsp3) is 0.583. The summed E-state index contributed by atoms with van der Waals surface area (Å²) in [6, 6.07) is 10.2. The molecule has 0 spiro atoms. The molecule has 5 heteroatoms. The number of hydrogen-bond acceptors (Lipinski definition) is 4. The summed E-state index contributed by atoms with van der Waals surface area (Å²) in [5.41, 5.74) is 3.10. The Bertz CT molecular complexity index is 762. The Labute approximate surface area is 175 Å². The van der Waals surface area contributed by atoms with E-state index in [1.165, 1.54) is 5.56 Å². The average molecular weight is 400 g/mol. The quantitative estimate of drug-likeness (QED) is 0.764. The van der Waals surface area contributed by atoms with Gasteiger partial charge in [-0.25, -0.2) is 0 Å². The molecule has 5 nitrogen and oxygen atoms in total. The number of nitrogens with zero attached hydrogens (tertiary/aromatic N) is 2. The van der Waals surface area contributed by atoms with Crippen LogP contribution in [-0.2, 0) is 11.3 Å². The van der Waals surface area contributed by atoms with Gasteiger partial charge in [0.05, 0.1) is 11.7 Å². The van der Waals surface area contributed by atoms with Crippen molar-refractivity contribution < 1.29 is 9.32 Å². The van der Waals surface area contributed by atoms with Gasteiger partial charge in [0.1, 0.15) is 0 Å². The number of carbonyl (C=O) groups excluding carboxylic acids is 1. The smallest absolute Gasteiger partial charge is 0.237 e. The Kier molecular flexibility index (Phi) is 8.45. The first-order valence-corrected chi connectivity index (χ1v) is 10.7. The summed E-state index contributed by atoms with van der Waals surface area (Å²) in [7, 11) is 0. The van der Waals surface area contributed by atoms with Crippen LogP contribution < -0.4 is 5.32 Å². The van der Waals surface area contributed by atoms with Gasteiger partial charge in [-0.3, -0.25) is 9.69 Å². The van der Waals surface area contributed by atoms with Crippen molar-refractivity contribution >= 4 is 5.91 Å². The van der Waals surface area contributed by atoms with E-state index >= 15 is 0 Å². The van der Waals surface area contributed by atoms with Crippen molar-refractivity contribution in [3.8, 4) is 11.3 Å². The molecule has 1 amide bonds. The summed E-state index contributed by atoms with van der Waals surface area (Å²) in [5, 5.41) is 7.29. The molecule has 1 saturated heterocycles. The number of benzene rings is 1. The Balaban J connectivity index is 0.000000687. The van der Waals surface area contributed by atoms with Crippen LogP contribution in [0.1, 0.15) is 59.2 Å². The van der Waals surface area contributed by atoms with Crippen LogP contribution in [-0.4, -0.2) is 34.6 Å². The van der Waals surface area contributed by atoms with Gasteiger partial charge in [0.2, 0.25) is 5.91 Å². The molecule has 160 valence electrons. The molecular weight excluding hydrogens is 362 g/mol. The third-order valence-corrected chi connectivity index (χ3v) is 4.60. The van der Waals surface area contributed by atoms with Crippen LogP contribution in [0.4, 0.5) is 0 Å². The Morgan fingerprint density at radius 3 is 2.38 bits per heavy atom. The zero-order valence-corrected chi connectivity index (χ0v) is 19.0. The number of carbonyl (C=O) groups is 1. The van der Waals surface area contributed by atoms with Crippen LogP contribution in [0.25, 0.3) is 11.3 Å². The number of aryl methyl sites for hydroxylation is 1. The number of nitrogens with one attached hydrogen (secondary N) is 1. The van der Waals surface area contributed by atoms with Crippen molar-refractivity contribution in [1.29, 1.82) is 0 Å². The molecule has 29 heavy (non-hydrogen) atoms. The normalized spacial score (nSPS) is 19.8. The summed E-state index contributed by atoms with van der Waals surface area (Å²) in [6.45, 7) is 16.4. The molecule has 2 unspecified atom stereocenters. The molecule has 0 radical (unpaired) electrons. The summed E-state index contributed by atoms with van der Waals surface area (Å²) in [5.74, 6) is 2.19. The van der Waals surface area contributed by atoms with Gasteiger partial charge in [-0.2, -0.15) is 0 Å². The third-order valence-electron chi connectivity index (χ3n) is 4.60. The predicted octanol–water partition coefficient (Wildman–Crippen LogP) is 5.05. The lowest BCUT2D eigenvalue weighted by Gasteiger charge is -2.38. The minimum absolute atomic E-state index is 0.101. The Hall–Kier alpha value is -2.14. The van der Waals surface area contributed by atoms with Crippen molar-refractivity contribution in [2.75, 3.05) is 6.54 Å². The molecule has 0 bridgehead atoms. The van der Waals surface area contributed by atoms with Gasteiger partial charge >= 0.3 is 0 Å². The van der Waals surface area contributed by atoms with Crippen LogP contribution in [0.15, 0.2) is 34.9 Å². The second-order valence-corrected chi connectivity index (χ2v) is 9.27. The first-order valence-electron chi connectivity index (χ1n) is 10.7. The molecular formula is C24H37N3O2. The Morgan fingerprint density at radius 1 is 1.17 bits per heavy atom. The zero-order valence-electron chi connectivity index (χ0n) is 19.0. The van der Waals surface area contributed by atoms with Crippen molar-refractivity contribution in [2.45, 2.75) is 73.5 Å². The topological polar surface area (TPSA) is 58.4 Å². The SMILES string of the molecule is CC(C)C.Cc1ccc(-c2cc(CN3CC(C)NC(=O)C3CC(C)C)no2)cc1. The average Bonchev–Trinajstić information content (AvgIpc) is 3.06. The molecule has 1 aliphatic rings. The lowest BCUT2D eigenvalue weighted by Crippen LogP contribution is -2.59. The predicted molar refractivity (Wildman–Crippen MR) is 118 cm³/mol. The van der Waals surface area contributed by atoms with Crippen molar-refractivity contribution in [1.82, 2.24) is 15.4 Å². The highest BCUT2D eigenvalue weighted by Gasteiger charge is 2.33. The van der Waals surface area contributed by atoms with E-state index in [1.807, 2.05) is 25.1 Å². The number of rotatable bonds is 5. The highest BCUT2D eigenvalue weighted by molar-refractivity contribution is 5.82. The van der Waals surface area contributed by atoms with Crippen LogP contribution >= 0.6 is 0 Å². The van der Waals surface area contributed by atoms with Crippen LogP contribution in [0.2, 0.25) is 0 Å². The van der Waals surface area contributed by atoms with Crippen LogP contribution in [0.3, 0.4) is 0 Å². The van der Waals surface area contributed by atoms with E-state index in [-0.39, 0.29) is 18.0 Å². The lowest BCUT2D eigenvalue weighted by atomic mass is 9.98. The molecule has 0 aliphatic carbocycles. The third kappa shape index (κ3) is 7.32. The standard InChI is InChI=1S/C20H27N3O2.C4H10/c1-13(2)9-18-20(24)21-15(4)11-23(18)12-17-10-19(25-22-17)16-7-5-14(3)6-8-16;1-4(2)3/h5-8,10,13,15,18H,9,11-12H2,1-4H3,(H,21,24);4H,1-3H3. The number of aromatic nitrogens is 1. The zero-order chi connectivity index (χ0) is 21.6. The minimum atomic E-state index is -0.101. The second kappa shape index (κ2) is 10.6. The fourth-order valence-corrected chi connectivity index (χ4v) is 3.36. The molecule has 1 aromatic carbocycles. The Morgan fingerprint density at radius 2 is 1.79 bits per heavy atom. The van der Waals surface area contributed by atoms with Gasteiger partial charge in [-0.1, -0.05) is 69.6 Å². The fourth-order valence-electron chi connectivity index (χ4n) is 3.36. The number of hydrogen-bond donors (Lipinski definition) is 1. The molecule has 0 saturated carbocycles. The van der Waals surface area contributed by atoms with Crippen LogP contribution in [0.5, 0.6) is 0 Å². The molecule has 1 aromatic heterocycles. The number of amides is 1. The number of piperazine rings is 1. The maximum Gasteiger partial charge on any atom is 0.237 e. The molecule has 1 fully saturated rings. The summed E-state index contributed by atoms with van der Waals surface area (Å²) < 4.78 is 5.52. The van der Waals surface area contributed by atoms with Gasteiger partial charge in [0, 0.05) is 30.8 Å². The first kappa shape index (κ1) is 23.1. The summed E-state index contributed by atoms with van der Waals surface area (Å²) in [4.78, 5) is 14.6. The molecule has 1 N–H and O–H groups in total. The van der Waals surface area contributed by atoms with E-state index in [0.29, 0.717) is 12.5 Å². The van der Waals surface area contributed by atoms with Gasteiger partial charge < -0.3 is 9.84 Å². The van der Waals surface area contributed by atoms with Gasteiger partial charge in [-0.05, 0) is 32.1 Å². The molecule has 2 heterocycles. The molecule has 2 atom stereocenters. The molecule has 2 aromatic rings. The van der Waals surface area contributed by atoms with E-state index < -0.39 is 0 Å². The monoisotopic (exact) mass is 399 g/mol. The lowest BCUT2D eigenvalue weighted by molar-refractivity contribution is -0.131. The van der Waals surface area contributed by atoms with Crippen LogP contribution in [0, 0.1) is 18.8 Å². The van der Waals surface area contributed by atoms with E-state index in [1.54, 1.807) is 0 Å². The largest absolute Gasteiger partial charge is 0.356 e. The van der Waals surface area contributed by atoms with Gasteiger partial charge in [0.15, 0.2) is 5.76 Å². The summed E-state index contributed by atoms with van der Waals surface area (Å²) in [6.07, 6.45) is 0.848. The highest BCUT2D eigenvalue weighted by atomic mass is 16.5. The van der Waals surface area contributed by atoms with Crippen molar-refractivity contribution in [2.24, 2.45) is 11.8 Å². The van der Waals surface area contributed by atoms with E-state index in [2.05, 4.69) is 69.0 Å². The molecule has 1 aliphatic heterocycles. The van der Waals surface area contributed by atoms with E-state index in [9.17, 15) is 4.79 Å². The second-order valence-electron chi connectivity index (χ2n) is 9.27. The first-order chi connectivity index (χ1) is 13.7. The van der Waals surface area contributed by atoms with E-state index in [4.69, 9.17) is 4.52 Å².